The molecule has 0 aliphatic rings. The summed E-state index contributed by atoms with van der Waals surface area (Å²) in [5, 5.41) is 2.66. The number of ether oxygens (including phenoxy) is 3. The molecule has 1 amide bonds. The van der Waals surface area contributed by atoms with Gasteiger partial charge in [-0.25, -0.2) is 4.79 Å². The molecule has 0 bridgehead atoms. The molecule has 3 rings (SSSR count). The third-order valence-corrected chi connectivity index (χ3v) is 4.03. The van der Waals surface area contributed by atoms with Crippen LogP contribution in [0.1, 0.15) is 11.1 Å². The summed E-state index contributed by atoms with van der Waals surface area (Å²) in [6.45, 7) is 3.24. The molecule has 0 atom stereocenters. The van der Waals surface area contributed by atoms with E-state index >= 15 is 0 Å². The van der Waals surface area contributed by atoms with E-state index in [1.54, 1.807) is 24.3 Å². The quantitative estimate of drug-likeness (QED) is 0.552. The Morgan fingerprint density at radius 2 is 1.40 bits per heavy atom. The number of rotatable bonds is 8. The summed E-state index contributed by atoms with van der Waals surface area (Å²) in [5.41, 5.74) is 2.65. The van der Waals surface area contributed by atoms with E-state index in [0.717, 1.165) is 16.9 Å². The molecular weight excluding hydrogens is 382 g/mol. The Labute approximate surface area is 175 Å². The molecule has 154 valence electrons. The van der Waals surface area contributed by atoms with Crippen molar-refractivity contribution < 1.29 is 23.8 Å². The van der Waals surface area contributed by atoms with E-state index in [9.17, 15) is 9.59 Å². The van der Waals surface area contributed by atoms with Crippen molar-refractivity contribution in [3.63, 3.8) is 0 Å². The number of hydrogen-bond acceptors (Lipinski definition) is 5. The average molecular weight is 405 g/mol. The number of amides is 1. The van der Waals surface area contributed by atoms with E-state index in [2.05, 4.69) is 5.32 Å². The monoisotopic (exact) mass is 405 g/mol. The maximum atomic E-state index is 12.0. The Morgan fingerprint density at radius 3 is 2.07 bits per heavy atom. The molecule has 0 saturated carbocycles. The molecule has 1 N–H and O–H groups in total. The average Bonchev–Trinajstić information content (AvgIpc) is 2.72. The van der Waals surface area contributed by atoms with Crippen LogP contribution in [-0.2, 0) is 14.3 Å². The lowest BCUT2D eigenvalue weighted by atomic mass is 10.1. The molecule has 30 heavy (non-hydrogen) atoms. The molecule has 0 unspecified atom stereocenters. The van der Waals surface area contributed by atoms with Gasteiger partial charge in [-0.3, -0.25) is 4.79 Å². The van der Waals surface area contributed by atoms with Crippen molar-refractivity contribution in [3.05, 3.63) is 83.9 Å². The Hall–Kier alpha value is -3.80. The third kappa shape index (κ3) is 6.67. The first-order chi connectivity index (χ1) is 14.5. The zero-order chi connectivity index (χ0) is 21.3. The lowest BCUT2D eigenvalue weighted by Gasteiger charge is -2.10. The highest BCUT2D eigenvalue weighted by Gasteiger charge is 2.09. The highest BCUT2D eigenvalue weighted by molar-refractivity contribution is 5.92. The molecule has 3 aromatic rings. The van der Waals surface area contributed by atoms with E-state index in [1.807, 2.05) is 62.4 Å². The highest BCUT2D eigenvalue weighted by atomic mass is 16.6. The normalized spacial score (nSPS) is 10.2. The minimum Gasteiger partial charge on any atom is -0.482 e. The Kier molecular flexibility index (Phi) is 7.05. The van der Waals surface area contributed by atoms with Crippen LogP contribution in [0, 0.1) is 13.8 Å². The van der Waals surface area contributed by atoms with Crippen molar-refractivity contribution in [2.24, 2.45) is 0 Å². The van der Waals surface area contributed by atoms with Crippen LogP contribution in [0.15, 0.2) is 72.8 Å². The zero-order valence-corrected chi connectivity index (χ0v) is 16.9. The van der Waals surface area contributed by atoms with Crippen molar-refractivity contribution in [3.8, 4) is 17.2 Å². The van der Waals surface area contributed by atoms with Crippen LogP contribution < -0.4 is 14.8 Å². The van der Waals surface area contributed by atoms with Gasteiger partial charge >= 0.3 is 5.97 Å². The van der Waals surface area contributed by atoms with Crippen LogP contribution in [0.5, 0.6) is 17.2 Å². The predicted molar refractivity (Wildman–Crippen MR) is 114 cm³/mol. The number of anilines is 1. The summed E-state index contributed by atoms with van der Waals surface area (Å²) < 4.78 is 16.1. The number of nitrogens with one attached hydrogen (secondary N) is 1. The number of carbonyl (C=O) groups is 2. The fraction of sp³-hybridized carbons (Fsp3) is 0.167. The SMILES string of the molecule is Cc1cc(C)cc(OCC(=O)OCC(=O)Nc2ccc(Oc3ccccc3)cc2)c1. The summed E-state index contributed by atoms with van der Waals surface area (Å²) in [6, 6.07) is 22.0. The van der Waals surface area contributed by atoms with E-state index in [-0.39, 0.29) is 6.61 Å². The van der Waals surface area contributed by atoms with Crippen LogP contribution in [0.3, 0.4) is 0 Å². The minimum absolute atomic E-state index is 0.262. The first-order valence-corrected chi connectivity index (χ1v) is 9.47. The first-order valence-electron chi connectivity index (χ1n) is 9.47. The number of benzene rings is 3. The van der Waals surface area contributed by atoms with Gasteiger partial charge in [0.05, 0.1) is 0 Å². The fourth-order valence-electron chi connectivity index (χ4n) is 2.77. The van der Waals surface area contributed by atoms with Gasteiger partial charge in [-0.2, -0.15) is 0 Å². The molecule has 0 saturated heterocycles. The molecule has 3 aromatic carbocycles. The van der Waals surface area contributed by atoms with E-state index in [1.165, 1.54) is 0 Å². The summed E-state index contributed by atoms with van der Waals surface area (Å²) >= 11 is 0. The van der Waals surface area contributed by atoms with Crippen molar-refractivity contribution >= 4 is 17.6 Å². The van der Waals surface area contributed by atoms with Crippen LogP contribution in [-0.4, -0.2) is 25.1 Å². The first kappa shape index (κ1) is 20.9. The fourth-order valence-corrected chi connectivity index (χ4v) is 2.77. The molecule has 0 heterocycles. The second-order valence-corrected chi connectivity index (χ2v) is 6.76. The van der Waals surface area contributed by atoms with Gasteiger partial charge in [0.1, 0.15) is 17.2 Å². The van der Waals surface area contributed by atoms with Gasteiger partial charge in [0, 0.05) is 5.69 Å². The molecule has 0 aromatic heterocycles. The maximum Gasteiger partial charge on any atom is 0.344 e. The Morgan fingerprint density at radius 1 is 0.767 bits per heavy atom. The van der Waals surface area contributed by atoms with Gasteiger partial charge in [0.25, 0.3) is 5.91 Å². The van der Waals surface area contributed by atoms with Crippen molar-refractivity contribution in [1.29, 1.82) is 0 Å². The number of esters is 1. The molecule has 0 aliphatic heterocycles. The predicted octanol–water partition coefficient (Wildman–Crippen LogP) is 4.66. The maximum absolute atomic E-state index is 12.0. The topological polar surface area (TPSA) is 73.9 Å². The van der Waals surface area contributed by atoms with Gasteiger partial charge in [0.2, 0.25) is 0 Å². The smallest absolute Gasteiger partial charge is 0.344 e. The van der Waals surface area contributed by atoms with E-state index in [0.29, 0.717) is 17.2 Å². The van der Waals surface area contributed by atoms with Crippen molar-refractivity contribution in [2.75, 3.05) is 18.5 Å². The Bertz CT molecular complexity index is 980. The molecule has 0 radical (unpaired) electrons. The van der Waals surface area contributed by atoms with E-state index in [4.69, 9.17) is 14.2 Å². The molecule has 6 nitrogen and oxygen atoms in total. The standard InChI is InChI=1S/C24H23NO5/c1-17-12-18(2)14-22(13-17)28-16-24(27)29-15-23(26)25-19-8-10-21(11-9-19)30-20-6-4-3-5-7-20/h3-14H,15-16H2,1-2H3,(H,25,26). The van der Waals surface area contributed by atoms with Crippen LogP contribution in [0.4, 0.5) is 5.69 Å². The number of para-hydroxylation sites is 1. The molecular formula is C24H23NO5. The molecule has 6 heteroatoms. The largest absolute Gasteiger partial charge is 0.482 e. The van der Waals surface area contributed by atoms with Gasteiger partial charge < -0.3 is 19.5 Å². The van der Waals surface area contributed by atoms with E-state index < -0.39 is 18.5 Å². The highest BCUT2D eigenvalue weighted by Crippen LogP contribution is 2.22. The molecule has 0 aliphatic carbocycles. The van der Waals surface area contributed by atoms with Crippen LogP contribution in [0.2, 0.25) is 0 Å². The minimum atomic E-state index is -0.615. The summed E-state index contributed by atoms with van der Waals surface area (Å²) in [4.78, 5) is 23.8. The molecule has 0 fully saturated rings. The number of carbonyl (C=O) groups excluding carboxylic acids is 2. The molecule has 0 spiro atoms. The summed E-state index contributed by atoms with van der Waals surface area (Å²) in [7, 11) is 0. The van der Waals surface area contributed by atoms with Crippen molar-refractivity contribution in [2.45, 2.75) is 13.8 Å². The van der Waals surface area contributed by atoms with Crippen LogP contribution in [0.25, 0.3) is 0 Å². The lowest BCUT2D eigenvalue weighted by Crippen LogP contribution is -2.23. The van der Waals surface area contributed by atoms with Gasteiger partial charge in [-0.1, -0.05) is 24.3 Å². The third-order valence-electron chi connectivity index (χ3n) is 4.03. The lowest BCUT2D eigenvalue weighted by molar-refractivity contribution is -0.149. The Balaban J connectivity index is 1.41. The second-order valence-electron chi connectivity index (χ2n) is 6.76. The van der Waals surface area contributed by atoms with Crippen molar-refractivity contribution in [1.82, 2.24) is 0 Å². The number of hydrogen-bond donors (Lipinski definition) is 1. The van der Waals surface area contributed by atoms with Gasteiger partial charge in [-0.05, 0) is 73.5 Å². The van der Waals surface area contributed by atoms with Gasteiger partial charge in [0.15, 0.2) is 13.2 Å². The summed E-state index contributed by atoms with van der Waals surface area (Å²) in [6.07, 6.45) is 0. The zero-order valence-electron chi connectivity index (χ0n) is 16.9. The van der Waals surface area contributed by atoms with Gasteiger partial charge in [-0.15, -0.1) is 0 Å². The summed E-state index contributed by atoms with van der Waals surface area (Å²) in [5.74, 6) is 0.910. The number of aryl methyl sites for hydroxylation is 2. The second kappa shape index (κ2) is 10.1. The van der Waals surface area contributed by atoms with Crippen LogP contribution >= 0.6 is 0 Å².